The Morgan fingerprint density at radius 1 is 1.17 bits per heavy atom. The van der Waals surface area contributed by atoms with Gasteiger partial charge in [0.1, 0.15) is 0 Å². The van der Waals surface area contributed by atoms with Crippen LogP contribution in [0.15, 0.2) is 30.3 Å². The van der Waals surface area contributed by atoms with E-state index in [0.29, 0.717) is 25.3 Å². The molecule has 24 heavy (non-hydrogen) atoms. The number of hydrogen-bond acceptors (Lipinski definition) is 3. The fraction of sp³-hybridized carbons (Fsp3) is 0.579. The van der Waals surface area contributed by atoms with Crippen LogP contribution < -0.4 is 5.32 Å². The Hall–Kier alpha value is -1.88. The van der Waals surface area contributed by atoms with Crippen LogP contribution >= 0.6 is 0 Å². The molecule has 1 aromatic rings. The van der Waals surface area contributed by atoms with Crippen molar-refractivity contribution in [1.29, 1.82) is 0 Å². The lowest BCUT2D eigenvalue weighted by molar-refractivity contribution is -0.132. The second-order valence-electron chi connectivity index (χ2n) is 6.62. The SMILES string of the molecule is CN(C(=O)CCNC(=O)Cc1ccccc1)C1CCC(CO)CC1. The van der Waals surface area contributed by atoms with E-state index in [-0.39, 0.29) is 24.5 Å². The minimum atomic E-state index is -0.0555. The highest BCUT2D eigenvalue weighted by Crippen LogP contribution is 2.26. The summed E-state index contributed by atoms with van der Waals surface area (Å²) >= 11 is 0. The normalized spacial score (nSPS) is 20.4. The van der Waals surface area contributed by atoms with Crippen LogP contribution in [0.4, 0.5) is 0 Å². The molecule has 5 heteroatoms. The highest BCUT2D eigenvalue weighted by Gasteiger charge is 2.25. The fourth-order valence-corrected chi connectivity index (χ4v) is 3.25. The number of nitrogens with zero attached hydrogens (tertiary/aromatic N) is 1. The number of benzene rings is 1. The van der Waals surface area contributed by atoms with Gasteiger partial charge in [0.15, 0.2) is 0 Å². The Kier molecular flexibility index (Phi) is 7.25. The molecular weight excluding hydrogens is 304 g/mol. The molecule has 2 rings (SSSR count). The average molecular weight is 332 g/mol. The summed E-state index contributed by atoms with van der Waals surface area (Å²) in [4.78, 5) is 25.9. The van der Waals surface area contributed by atoms with Crippen molar-refractivity contribution in [3.05, 3.63) is 35.9 Å². The second kappa shape index (κ2) is 9.42. The lowest BCUT2D eigenvalue weighted by Gasteiger charge is -2.34. The molecule has 1 aromatic carbocycles. The van der Waals surface area contributed by atoms with Crippen molar-refractivity contribution in [2.24, 2.45) is 5.92 Å². The van der Waals surface area contributed by atoms with Crippen LogP contribution in [0.1, 0.15) is 37.7 Å². The highest BCUT2D eigenvalue weighted by molar-refractivity contribution is 5.80. The molecule has 5 nitrogen and oxygen atoms in total. The van der Waals surface area contributed by atoms with Crippen molar-refractivity contribution in [3.8, 4) is 0 Å². The van der Waals surface area contributed by atoms with Crippen molar-refractivity contribution in [2.45, 2.75) is 44.6 Å². The molecule has 0 unspecified atom stereocenters. The van der Waals surface area contributed by atoms with Crippen LogP contribution in [0.5, 0.6) is 0 Å². The van der Waals surface area contributed by atoms with Gasteiger partial charge in [-0.3, -0.25) is 9.59 Å². The number of aliphatic hydroxyl groups excluding tert-OH is 1. The molecule has 0 saturated heterocycles. The van der Waals surface area contributed by atoms with Gasteiger partial charge < -0.3 is 15.3 Å². The molecule has 1 fully saturated rings. The summed E-state index contributed by atoms with van der Waals surface area (Å²) in [6, 6.07) is 9.84. The quantitative estimate of drug-likeness (QED) is 0.799. The zero-order valence-corrected chi connectivity index (χ0v) is 14.4. The van der Waals surface area contributed by atoms with Gasteiger partial charge in [-0.15, -0.1) is 0 Å². The van der Waals surface area contributed by atoms with Gasteiger partial charge >= 0.3 is 0 Å². The summed E-state index contributed by atoms with van der Waals surface area (Å²) in [5.41, 5.74) is 0.971. The van der Waals surface area contributed by atoms with Crippen LogP contribution in [0.2, 0.25) is 0 Å². The first-order valence-electron chi connectivity index (χ1n) is 8.77. The summed E-state index contributed by atoms with van der Waals surface area (Å²) < 4.78 is 0. The number of rotatable bonds is 7. The Balaban J connectivity index is 1.66. The first-order chi connectivity index (χ1) is 11.6. The molecule has 0 spiro atoms. The minimum absolute atomic E-state index is 0.0555. The van der Waals surface area contributed by atoms with Crippen molar-refractivity contribution in [3.63, 3.8) is 0 Å². The van der Waals surface area contributed by atoms with E-state index < -0.39 is 0 Å². The van der Waals surface area contributed by atoms with Crippen molar-refractivity contribution in [2.75, 3.05) is 20.2 Å². The van der Waals surface area contributed by atoms with Gasteiger partial charge in [0.25, 0.3) is 0 Å². The average Bonchev–Trinajstić information content (AvgIpc) is 2.62. The maximum absolute atomic E-state index is 12.3. The van der Waals surface area contributed by atoms with Crippen LogP contribution in [0.3, 0.4) is 0 Å². The highest BCUT2D eigenvalue weighted by atomic mass is 16.3. The van der Waals surface area contributed by atoms with Crippen LogP contribution in [-0.4, -0.2) is 48.1 Å². The second-order valence-corrected chi connectivity index (χ2v) is 6.62. The molecule has 0 bridgehead atoms. The van der Waals surface area contributed by atoms with E-state index in [1.54, 1.807) is 0 Å². The fourth-order valence-electron chi connectivity index (χ4n) is 3.25. The third kappa shape index (κ3) is 5.64. The zero-order chi connectivity index (χ0) is 17.4. The minimum Gasteiger partial charge on any atom is -0.396 e. The Labute approximate surface area is 144 Å². The van der Waals surface area contributed by atoms with Gasteiger partial charge in [0, 0.05) is 32.7 Å². The molecule has 0 aliphatic heterocycles. The Morgan fingerprint density at radius 3 is 2.46 bits per heavy atom. The van der Waals surface area contributed by atoms with Crippen LogP contribution in [0.25, 0.3) is 0 Å². The first-order valence-corrected chi connectivity index (χ1v) is 8.77. The summed E-state index contributed by atoms with van der Waals surface area (Å²) in [6.45, 7) is 0.624. The Morgan fingerprint density at radius 2 is 1.83 bits per heavy atom. The maximum atomic E-state index is 12.3. The van der Waals surface area contributed by atoms with Crippen molar-refractivity contribution < 1.29 is 14.7 Å². The molecule has 0 heterocycles. The molecule has 132 valence electrons. The predicted octanol–water partition coefficient (Wildman–Crippen LogP) is 1.74. The van der Waals surface area contributed by atoms with E-state index in [1.165, 1.54) is 0 Å². The van der Waals surface area contributed by atoms with Crippen molar-refractivity contribution in [1.82, 2.24) is 10.2 Å². The molecule has 0 aromatic heterocycles. The topological polar surface area (TPSA) is 69.6 Å². The molecule has 1 aliphatic rings. The lowest BCUT2D eigenvalue weighted by Crippen LogP contribution is -2.41. The standard InChI is InChI=1S/C19H28N2O3/c1-21(17-9-7-16(14-22)8-10-17)19(24)11-12-20-18(23)13-15-5-3-2-4-6-15/h2-6,16-17,22H,7-14H2,1H3,(H,20,23). The van der Waals surface area contributed by atoms with E-state index in [4.69, 9.17) is 0 Å². The third-order valence-electron chi connectivity index (χ3n) is 4.88. The first kappa shape index (κ1) is 18.5. The van der Waals surface area contributed by atoms with E-state index in [0.717, 1.165) is 31.2 Å². The summed E-state index contributed by atoms with van der Waals surface area (Å²) in [7, 11) is 1.85. The van der Waals surface area contributed by atoms with Gasteiger partial charge in [0.05, 0.1) is 6.42 Å². The van der Waals surface area contributed by atoms with Gasteiger partial charge in [-0.2, -0.15) is 0 Å². The molecule has 2 N–H and O–H groups in total. The third-order valence-corrected chi connectivity index (χ3v) is 4.88. The monoisotopic (exact) mass is 332 g/mol. The molecule has 1 aliphatic carbocycles. The number of carbonyl (C=O) groups excluding carboxylic acids is 2. The van der Waals surface area contributed by atoms with E-state index in [1.807, 2.05) is 42.3 Å². The number of hydrogen-bond donors (Lipinski definition) is 2. The van der Waals surface area contributed by atoms with Gasteiger partial charge in [0.2, 0.25) is 11.8 Å². The van der Waals surface area contributed by atoms with E-state index in [2.05, 4.69) is 5.32 Å². The van der Waals surface area contributed by atoms with Gasteiger partial charge in [-0.1, -0.05) is 30.3 Å². The molecular formula is C19H28N2O3. The Bertz CT molecular complexity index is 525. The van der Waals surface area contributed by atoms with E-state index >= 15 is 0 Å². The predicted molar refractivity (Wildman–Crippen MR) is 93.4 cm³/mol. The number of aliphatic hydroxyl groups is 1. The van der Waals surface area contributed by atoms with Crippen LogP contribution in [-0.2, 0) is 16.0 Å². The lowest BCUT2D eigenvalue weighted by atomic mass is 9.86. The number of carbonyl (C=O) groups is 2. The smallest absolute Gasteiger partial charge is 0.224 e. The largest absolute Gasteiger partial charge is 0.396 e. The number of nitrogens with one attached hydrogen (secondary N) is 1. The van der Waals surface area contributed by atoms with Crippen LogP contribution in [0, 0.1) is 5.92 Å². The van der Waals surface area contributed by atoms with Gasteiger partial charge in [-0.05, 0) is 37.2 Å². The number of amides is 2. The van der Waals surface area contributed by atoms with E-state index in [9.17, 15) is 14.7 Å². The zero-order valence-electron chi connectivity index (χ0n) is 14.4. The summed E-state index contributed by atoms with van der Waals surface area (Å²) in [6.07, 6.45) is 4.54. The summed E-state index contributed by atoms with van der Waals surface area (Å²) in [5.74, 6) is 0.407. The summed E-state index contributed by atoms with van der Waals surface area (Å²) in [5, 5.41) is 12.0. The molecule has 0 radical (unpaired) electrons. The molecule has 2 amide bonds. The maximum Gasteiger partial charge on any atom is 0.224 e. The molecule has 0 atom stereocenters. The van der Waals surface area contributed by atoms with Gasteiger partial charge in [-0.25, -0.2) is 0 Å². The van der Waals surface area contributed by atoms with Crippen molar-refractivity contribution >= 4 is 11.8 Å². The molecule has 1 saturated carbocycles.